The van der Waals surface area contributed by atoms with Gasteiger partial charge in [-0.2, -0.15) is 0 Å². The molecule has 7 heteroatoms. The molecule has 1 aromatic carbocycles. The predicted molar refractivity (Wildman–Crippen MR) is 81.5 cm³/mol. The van der Waals surface area contributed by atoms with E-state index in [2.05, 4.69) is 15.6 Å². The third-order valence-corrected chi connectivity index (χ3v) is 3.65. The van der Waals surface area contributed by atoms with Crippen LogP contribution in [0, 0.1) is 0 Å². The molecule has 0 radical (unpaired) electrons. The van der Waals surface area contributed by atoms with Crippen LogP contribution in [0.5, 0.6) is 0 Å². The Morgan fingerprint density at radius 3 is 2.76 bits per heavy atom. The number of carbonyl (C=O) groups excluding carboxylic acids is 2. The second-order valence-corrected chi connectivity index (χ2v) is 5.20. The number of hydrogen-bond donors (Lipinski definition) is 2. The van der Waals surface area contributed by atoms with Gasteiger partial charge in [0.25, 0.3) is 0 Å². The Bertz CT molecular complexity index is 612. The zero-order valence-corrected chi connectivity index (χ0v) is 12.4. The summed E-state index contributed by atoms with van der Waals surface area (Å²) in [6, 6.07) is 9.36. The Morgan fingerprint density at radius 1 is 1.29 bits per heavy atom. The monoisotopic (exact) mass is 304 g/mol. The highest BCUT2D eigenvalue weighted by Gasteiger charge is 2.09. The highest BCUT2D eigenvalue weighted by Crippen LogP contribution is 2.20. The molecule has 0 aliphatic heterocycles. The molecular formula is C14H16N4O2S. The van der Waals surface area contributed by atoms with Crippen LogP contribution in [-0.2, 0) is 4.79 Å². The van der Waals surface area contributed by atoms with Crippen molar-refractivity contribution in [1.82, 2.24) is 20.2 Å². The molecule has 0 bridgehead atoms. The van der Waals surface area contributed by atoms with Gasteiger partial charge < -0.3 is 5.32 Å². The Kier molecular flexibility index (Phi) is 5.39. The lowest BCUT2D eigenvalue weighted by Crippen LogP contribution is -2.37. The number of imide groups is 1. The summed E-state index contributed by atoms with van der Waals surface area (Å²) in [5.74, 6) is 0.242. The summed E-state index contributed by atoms with van der Waals surface area (Å²) >= 11 is 1.47. The van der Waals surface area contributed by atoms with Crippen molar-refractivity contribution in [3.05, 3.63) is 42.7 Å². The molecular weight excluding hydrogens is 288 g/mol. The molecule has 0 fully saturated rings. The maximum atomic E-state index is 11.5. The highest BCUT2D eigenvalue weighted by atomic mass is 32.2. The summed E-state index contributed by atoms with van der Waals surface area (Å²) < 4.78 is 1.96. The minimum absolute atomic E-state index is 0.250. The van der Waals surface area contributed by atoms with Crippen molar-refractivity contribution in [3.63, 3.8) is 0 Å². The van der Waals surface area contributed by atoms with E-state index in [1.807, 2.05) is 41.1 Å². The molecule has 2 rings (SSSR count). The largest absolute Gasteiger partial charge is 0.341 e. The van der Waals surface area contributed by atoms with E-state index in [0.717, 1.165) is 10.8 Å². The van der Waals surface area contributed by atoms with Crippen molar-refractivity contribution in [2.45, 2.75) is 11.6 Å². The lowest BCUT2D eigenvalue weighted by molar-refractivity contribution is -0.119. The number of benzene rings is 1. The fourth-order valence-corrected chi connectivity index (χ4v) is 2.58. The number of nitrogens with zero attached hydrogens (tertiary/aromatic N) is 2. The first kappa shape index (κ1) is 15.1. The first-order chi connectivity index (χ1) is 10.2. The third kappa shape index (κ3) is 4.35. The first-order valence-electron chi connectivity index (χ1n) is 6.44. The predicted octanol–water partition coefficient (Wildman–Crippen LogP) is 1.81. The summed E-state index contributed by atoms with van der Waals surface area (Å²) in [5.41, 5.74) is 1.02. The van der Waals surface area contributed by atoms with Crippen molar-refractivity contribution >= 4 is 23.7 Å². The van der Waals surface area contributed by atoms with Gasteiger partial charge in [-0.05, 0) is 12.1 Å². The van der Waals surface area contributed by atoms with Crippen LogP contribution in [0.3, 0.4) is 0 Å². The molecule has 1 aromatic heterocycles. The van der Waals surface area contributed by atoms with Crippen molar-refractivity contribution in [1.29, 1.82) is 0 Å². The van der Waals surface area contributed by atoms with Gasteiger partial charge in [0.1, 0.15) is 0 Å². The highest BCUT2D eigenvalue weighted by molar-refractivity contribution is 7.99. The molecule has 0 aliphatic rings. The molecule has 0 saturated carbocycles. The molecule has 2 N–H and O–H groups in total. The van der Waals surface area contributed by atoms with Crippen molar-refractivity contribution < 1.29 is 9.59 Å². The second-order valence-electron chi connectivity index (χ2n) is 4.14. The lowest BCUT2D eigenvalue weighted by Gasteiger charge is -2.07. The molecule has 1 heterocycles. The van der Waals surface area contributed by atoms with E-state index in [-0.39, 0.29) is 12.3 Å². The molecule has 0 aliphatic carbocycles. The van der Waals surface area contributed by atoms with E-state index in [4.69, 9.17) is 0 Å². The summed E-state index contributed by atoms with van der Waals surface area (Å²) in [4.78, 5) is 26.8. The molecule has 0 saturated heterocycles. The third-order valence-electron chi connectivity index (χ3n) is 2.68. The number of para-hydroxylation sites is 1. The Hall–Kier alpha value is -2.28. The van der Waals surface area contributed by atoms with Gasteiger partial charge in [0.2, 0.25) is 5.91 Å². The summed E-state index contributed by atoms with van der Waals surface area (Å²) in [5, 5.41) is 5.38. The van der Waals surface area contributed by atoms with Gasteiger partial charge in [-0.1, -0.05) is 30.0 Å². The summed E-state index contributed by atoms with van der Waals surface area (Å²) in [7, 11) is 1.47. The van der Waals surface area contributed by atoms with E-state index in [1.165, 1.54) is 18.8 Å². The number of thioether (sulfide) groups is 1. The van der Waals surface area contributed by atoms with Gasteiger partial charge in [0.05, 0.1) is 0 Å². The average Bonchev–Trinajstić information content (AvgIpc) is 2.96. The van der Waals surface area contributed by atoms with Gasteiger partial charge in [-0.3, -0.25) is 14.7 Å². The number of aromatic nitrogens is 2. The maximum Gasteiger partial charge on any atom is 0.321 e. The average molecular weight is 304 g/mol. The SMILES string of the molecule is CNC(=O)NC(=O)CCSc1nccn1-c1ccccc1. The second kappa shape index (κ2) is 7.49. The van der Waals surface area contributed by atoms with Crippen molar-refractivity contribution in [3.8, 4) is 5.69 Å². The van der Waals surface area contributed by atoms with E-state index < -0.39 is 6.03 Å². The van der Waals surface area contributed by atoms with Crippen LogP contribution in [0.2, 0.25) is 0 Å². The van der Waals surface area contributed by atoms with Crippen LogP contribution in [-0.4, -0.2) is 34.3 Å². The smallest absolute Gasteiger partial charge is 0.321 e. The van der Waals surface area contributed by atoms with Gasteiger partial charge in [-0.25, -0.2) is 9.78 Å². The van der Waals surface area contributed by atoms with Crippen LogP contribution in [0.1, 0.15) is 6.42 Å². The van der Waals surface area contributed by atoms with Crippen LogP contribution < -0.4 is 10.6 Å². The number of hydrogen-bond acceptors (Lipinski definition) is 4. The fraction of sp³-hybridized carbons (Fsp3) is 0.214. The van der Waals surface area contributed by atoms with E-state index in [1.54, 1.807) is 6.20 Å². The normalized spacial score (nSPS) is 10.1. The number of urea groups is 1. The Balaban J connectivity index is 1.89. The van der Waals surface area contributed by atoms with Gasteiger partial charge in [-0.15, -0.1) is 0 Å². The Labute approximate surface area is 126 Å². The maximum absolute atomic E-state index is 11.5. The van der Waals surface area contributed by atoms with E-state index in [0.29, 0.717) is 5.75 Å². The topological polar surface area (TPSA) is 76.0 Å². The number of carbonyl (C=O) groups is 2. The number of rotatable bonds is 5. The molecule has 0 atom stereocenters. The molecule has 21 heavy (non-hydrogen) atoms. The molecule has 0 spiro atoms. The van der Waals surface area contributed by atoms with E-state index in [9.17, 15) is 9.59 Å². The zero-order valence-electron chi connectivity index (χ0n) is 11.6. The van der Waals surface area contributed by atoms with Crippen molar-refractivity contribution in [2.75, 3.05) is 12.8 Å². The zero-order chi connectivity index (χ0) is 15.1. The first-order valence-corrected chi connectivity index (χ1v) is 7.42. The molecule has 110 valence electrons. The standard InChI is InChI=1S/C14H16N4O2S/c1-15-13(20)17-12(19)7-10-21-14-16-8-9-18(14)11-5-3-2-4-6-11/h2-6,8-9H,7,10H2,1H3,(H2,15,17,19,20). The molecule has 3 amide bonds. The van der Waals surface area contributed by atoms with Crippen molar-refractivity contribution in [2.24, 2.45) is 0 Å². The fourth-order valence-electron chi connectivity index (χ4n) is 1.67. The van der Waals surface area contributed by atoms with Crippen LogP contribution in [0.4, 0.5) is 4.79 Å². The van der Waals surface area contributed by atoms with Crippen LogP contribution >= 0.6 is 11.8 Å². The van der Waals surface area contributed by atoms with Crippen LogP contribution in [0.15, 0.2) is 47.9 Å². The lowest BCUT2D eigenvalue weighted by atomic mass is 10.3. The Morgan fingerprint density at radius 2 is 2.05 bits per heavy atom. The minimum atomic E-state index is -0.490. The number of nitrogens with one attached hydrogen (secondary N) is 2. The minimum Gasteiger partial charge on any atom is -0.341 e. The molecule has 6 nitrogen and oxygen atoms in total. The number of imidazole rings is 1. The number of amides is 3. The summed E-state index contributed by atoms with van der Waals surface area (Å²) in [6.45, 7) is 0. The van der Waals surface area contributed by atoms with Crippen LogP contribution in [0.25, 0.3) is 5.69 Å². The van der Waals surface area contributed by atoms with Gasteiger partial charge >= 0.3 is 6.03 Å². The quantitative estimate of drug-likeness (QED) is 0.826. The molecule has 0 unspecified atom stereocenters. The van der Waals surface area contributed by atoms with Gasteiger partial charge in [0.15, 0.2) is 5.16 Å². The summed E-state index contributed by atoms with van der Waals surface area (Å²) in [6.07, 6.45) is 3.85. The van der Waals surface area contributed by atoms with Gasteiger partial charge in [0, 0.05) is 37.3 Å². The van der Waals surface area contributed by atoms with E-state index >= 15 is 0 Å². The molecule has 2 aromatic rings.